The molecule has 0 fully saturated rings. The van der Waals surface area contributed by atoms with Gasteiger partial charge in [0.2, 0.25) is 0 Å². The van der Waals surface area contributed by atoms with Gasteiger partial charge in [-0.2, -0.15) is 13.2 Å². The van der Waals surface area contributed by atoms with Crippen LogP contribution >= 0.6 is 0 Å². The molecule has 6 heteroatoms. The number of ether oxygens (including phenoxy) is 1. The van der Waals surface area contributed by atoms with E-state index in [1.807, 2.05) is 0 Å². The van der Waals surface area contributed by atoms with Crippen LogP contribution in [-0.2, 0) is 0 Å². The summed E-state index contributed by atoms with van der Waals surface area (Å²) < 4.78 is 63.9. The zero-order valence-corrected chi connectivity index (χ0v) is 6.74. The number of rotatable bonds is 2. The minimum atomic E-state index is -4.53. The zero-order chi connectivity index (χ0) is 10.8. The lowest BCUT2D eigenvalue weighted by molar-refractivity contribution is -0.153. The minimum absolute atomic E-state index is 0.486. The van der Waals surface area contributed by atoms with Crippen LogP contribution in [0.4, 0.5) is 22.0 Å². The molecule has 0 aliphatic heterocycles. The number of hydrogen-bond donors (Lipinski definition) is 0. The summed E-state index contributed by atoms with van der Waals surface area (Å²) in [5.41, 5.74) is 0. The van der Waals surface area contributed by atoms with Gasteiger partial charge >= 0.3 is 6.18 Å². The monoisotopic (exact) mass is 212 g/mol. The first-order valence-electron chi connectivity index (χ1n) is 3.52. The first-order valence-corrected chi connectivity index (χ1v) is 3.52. The predicted octanol–water partition coefficient (Wildman–Crippen LogP) is 2.91. The number of benzene rings is 1. The maximum atomic E-state index is 12.4. The third kappa shape index (κ3) is 3.59. The molecule has 1 rings (SSSR count). The molecule has 78 valence electrons. The normalized spacial score (nSPS) is 11.5. The SMILES string of the molecule is Fc1cc(F)cc(OCC(F)(F)F)c1. The van der Waals surface area contributed by atoms with Gasteiger partial charge in [-0.05, 0) is 0 Å². The van der Waals surface area contributed by atoms with Gasteiger partial charge in [-0.3, -0.25) is 0 Å². The zero-order valence-electron chi connectivity index (χ0n) is 6.74. The molecular formula is C8H5F5O. The van der Waals surface area contributed by atoms with Crippen LogP contribution in [0.3, 0.4) is 0 Å². The van der Waals surface area contributed by atoms with Crippen LogP contribution in [0, 0.1) is 11.6 Å². The molecule has 1 aromatic rings. The third-order valence-corrected chi connectivity index (χ3v) is 1.24. The quantitative estimate of drug-likeness (QED) is 0.685. The lowest BCUT2D eigenvalue weighted by atomic mass is 10.3. The molecule has 14 heavy (non-hydrogen) atoms. The van der Waals surface area contributed by atoms with Crippen LogP contribution in [0.15, 0.2) is 18.2 Å². The molecule has 0 radical (unpaired) electrons. The Labute approximate surface area is 76.1 Å². The van der Waals surface area contributed by atoms with E-state index in [2.05, 4.69) is 4.74 Å². The van der Waals surface area contributed by atoms with E-state index in [1.54, 1.807) is 0 Å². The van der Waals surface area contributed by atoms with E-state index >= 15 is 0 Å². The van der Waals surface area contributed by atoms with Crippen LogP contribution in [0.5, 0.6) is 5.75 Å². The summed E-state index contributed by atoms with van der Waals surface area (Å²) in [6.07, 6.45) is -4.53. The molecule has 0 aliphatic rings. The van der Waals surface area contributed by atoms with Crippen molar-refractivity contribution in [1.29, 1.82) is 0 Å². The second-order valence-corrected chi connectivity index (χ2v) is 2.51. The summed E-state index contributed by atoms with van der Waals surface area (Å²) in [7, 11) is 0. The highest BCUT2D eigenvalue weighted by Crippen LogP contribution is 2.20. The molecule has 0 unspecified atom stereocenters. The van der Waals surface area contributed by atoms with Crippen LogP contribution in [0.1, 0.15) is 0 Å². The Hall–Kier alpha value is -1.33. The van der Waals surface area contributed by atoms with Gasteiger partial charge in [-0.25, -0.2) is 8.78 Å². The van der Waals surface area contributed by atoms with Gasteiger partial charge < -0.3 is 4.74 Å². The Morgan fingerprint density at radius 1 is 1.00 bits per heavy atom. The summed E-state index contributed by atoms with van der Waals surface area (Å²) in [4.78, 5) is 0. The number of alkyl halides is 3. The van der Waals surface area contributed by atoms with Crippen LogP contribution in [-0.4, -0.2) is 12.8 Å². The van der Waals surface area contributed by atoms with Gasteiger partial charge in [0.15, 0.2) is 6.61 Å². The van der Waals surface area contributed by atoms with Crippen LogP contribution < -0.4 is 4.74 Å². The smallest absolute Gasteiger partial charge is 0.422 e. The van der Waals surface area contributed by atoms with Crippen LogP contribution in [0.25, 0.3) is 0 Å². The second kappa shape index (κ2) is 3.81. The maximum Gasteiger partial charge on any atom is 0.422 e. The minimum Gasteiger partial charge on any atom is -0.484 e. The van der Waals surface area contributed by atoms with Crippen molar-refractivity contribution in [1.82, 2.24) is 0 Å². The molecule has 0 aliphatic carbocycles. The standard InChI is InChI=1S/C8H5F5O/c9-5-1-6(10)3-7(2-5)14-4-8(11,12)13/h1-3H,4H2. The molecule has 1 nitrogen and oxygen atoms in total. The van der Waals surface area contributed by atoms with E-state index in [-0.39, 0.29) is 0 Å². The molecule has 0 saturated carbocycles. The molecule has 0 saturated heterocycles. The molecule has 0 atom stereocenters. The highest BCUT2D eigenvalue weighted by molar-refractivity contribution is 5.23. The molecule has 1 aromatic carbocycles. The Balaban J connectivity index is 2.68. The largest absolute Gasteiger partial charge is 0.484 e. The fourth-order valence-corrected chi connectivity index (χ4v) is 0.777. The first kappa shape index (κ1) is 10.7. The van der Waals surface area contributed by atoms with Crippen molar-refractivity contribution in [3.8, 4) is 5.75 Å². The Bertz CT molecular complexity index is 300. The van der Waals surface area contributed by atoms with Gasteiger partial charge in [0.1, 0.15) is 17.4 Å². The van der Waals surface area contributed by atoms with E-state index in [0.717, 1.165) is 0 Å². The Morgan fingerprint density at radius 3 is 1.93 bits per heavy atom. The van der Waals surface area contributed by atoms with E-state index < -0.39 is 30.2 Å². The first-order chi connectivity index (χ1) is 6.37. The fourth-order valence-electron chi connectivity index (χ4n) is 0.777. The molecule has 0 heterocycles. The lowest BCUT2D eigenvalue weighted by Gasteiger charge is -2.08. The molecular weight excluding hydrogens is 207 g/mol. The number of hydrogen-bond acceptors (Lipinski definition) is 1. The van der Waals surface area contributed by atoms with Crippen molar-refractivity contribution in [2.45, 2.75) is 6.18 Å². The molecule has 0 bridgehead atoms. The van der Waals surface area contributed by atoms with E-state index in [4.69, 9.17) is 0 Å². The molecule has 0 amide bonds. The Kier molecular flexibility index (Phi) is 2.93. The number of halogens is 5. The lowest BCUT2D eigenvalue weighted by Crippen LogP contribution is -2.19. The van der Waals surface area contributed by atoms with Crippen molar-refractivity contribution in [2.75, 3.05) is 6.61 Å². The predicted molar refractivity (Wildman–Crippen MR) is 37.9 cm³/mol. The van der Waals surface area contributed by atoms with Gasteiger partial charge in [0.25, 0.3) is 0 Å². The van der Waals surface area contributed by atoms with Crippen molar-refractivity contribution >= 4 is 0 Å². The molecule has 0 N–H and O–H groups in total. The summed E-state index contributed by atoms with van der Waals surface area (Å²) in [6.45, 7) is -1.57. The summed E-state index contributed by atoms with van der Waals surface area (Å²) in [6, 6.07) is 1.89. The van der Waals surface area contributed by atoms with E-state index in [0.29, 0.717) is 18.2 Å². The Morgan fingerprint density at radius 2 is 1.50 bits per heavy atom. The summed E-state index contributed by atoms with van der Waals surface area (Å²) >= 11 is 0. The van der Waals surface area contributed by atoms with Crippen molar-refractivity contribution in [3.63, 3.8) is 0 Å². The summed E-state index contributed by atoms with van der Waals surface area (Å²) in [5, 5.41) is 0. The van der Waals surface area contributed by atoms with Gasteiger partial charge in [-0.15, -0.1) is 0 Å². The fraction of sp³-hybridized carbons (Fsp3) is 0.250. The highest BCUT2D eigenvalue weighted by atomic mass is 19.4. The van der Waals surface area contributed by atoms with Gasteiger partial charge in [-0.1, -0.05) is 0 Å². The van der Waals surface area contributed by atoms with Crippen LogP contribution in [0.2, 0.25) is 0 Å². The van der Waals surface area contributed by atoms with Crippen molar-refractivity contribution < 1.29 is 26.7 Å². The highest BCUT2D eigenvalue weighted by Gasteiger charge is 2.28. The molecule has 0 aromatic heterocycles. The molecule has 0 spiro atoms. The average Bonchev–Trinajstić information content (AvgIpc) is 1.97. The third-order valence-electron chi connectivity index (χ3n) is 1.24. The van der Waals surface area contributed by atoms with E-state index in [9.17, 15) is 22.0 Å². The summed E-state index contributed by atoms with van der Waals surface area (Å²) in [5.74, 6) is -2.45. The van der Waals surface area contributed by atoms with E-state index in [1.165, 1.54) is 0 Å². The topological polar surface area (TPSA) is 9.23 Å². The maximum absolute atomic E-state index is 12.4. The van der Waals surface area contributed by atoms with Crippen molar-refractivity contribution in [2.24, 2.45) is 0 Å². The van der Waals surface area contributed by atoms with Crippen molar-refractivity contribution in [3.05, 3.63) is 29.8 Å². The van der Waals surface area contributed by atoms with Gasteiger partial charge in [0.05, 0.1) is 0 Å². The average molecular weight is 212 g/mol. The van der Waals surface area contributed by atoms with Gasteiger partial charge in [0, 0.05) is 18.2 Å². The second-order valence-electron chi connectivity index (χ2n) is 2.51.